The molecular formula is C16H24BrNO. The van der Waals surface area contributed by atoms with Gasteiger partial charge in [0.1, 0.15) is 0 Å². The highest BCUT2D eigenvalue weighted by molar-refractivity contribution is 9.10. The fourth-order valence-corrected chi connectivity index (χ4v) is 3.22. The fourth-order valence-electron chi connectivity index (χ4n) is 2.77. The summed E-state index contributed by atoms with van der Waals surface area (Å²) in [6.07, 6.45) is 4.69. The highest BCUT2D eigenvalue weighted by Gasteiger charge is 2.23. The van der Waals surface area contributed by atoms with Crippen LogP contribution in [0.25, 0.3) is 0 Å². The minimum atomic E-state index is 0.582. The highest BCUT2D eigenvalue weighted by atomic mass is 79.9. The predicted octanol–water partition coefficient (Wildman–Crippen LogP) is 3.79. The van der Waals surface area contributed by atoms with Gasteiger partial charge < -0.3 is 10.1 Å². The Balaban J connectivity index is 1.99. The third-order valence-electron chi connectivity index (χ3n) is 3.84. The lowest BCUT2D eigenvalue weighted by Crippen LogP contribution is -2.41. The average Bonchev–Trinajstić information content (AvgIpc) is 2.44. The highest BCUT2D eigenvalue weighted by Crippen LogP contribution is 2.22. The predicted molar refractivity (Wildman–Crippen MR) is 83.5 cm³/mol. The zero-order chi connectivity index (χ0) is 13.5. The molecule has 1 fully saturated rings. The van der Waals surface area contributed by atoms with Crippen LogP contribution < -0.4 is 5.32 Å². The second-order valence-corrected chi connectivity index (χ2v) is 6.26. The SMILES string of the molecule is CCCNC(Cc1cccc(Br)c1)C1CCOCC1. The van der Waals surface area contributed by atoms with Crippen molar-refractivity contribution in [3.05, 3.63) is 34.3 Å². The van der Waals surface area contributed by atoms with Gasteiger partial charge in [0.05, 0.1) is 0 Å². The molecule has 1 atom stereocenters. The van der Waals surface area contributed by atoms with Crippen LogP contribution in [0, 0.1) is 5.92 Å². The van der Waals surface area contributed by atoms with Crippen molar-refractivity contribution in [2.75, 3.05) is 19.8 Å². The minimum Gasteiger partial charge on any atom is -0.381 e. The second kappa shape index (κ2) is 8.03. The Kier molecular flexibility index (Phi) is 6.35. The van der Waals surface area contributed by atoms with E-state index in [4.69, 9.17) is 4.74 Å². The number of benzene rings is 1. The Morgan fingerprint density at radius 1 is 1.37 bits per heavy atom. The van der Waals surface area contributed by atoms with E-state index in [9.17, 15) is 0 Å². The molecule has 2 nitrogen and oxygen atoms in total. The topological polar surface area (TPSA) is 21.3 Å². The van der Waals surface area contributed by atoms with Crippen molar-refractivity contribution in [2.45, 2.75) is 38.6 Å². The van der Waals surface area contributed by atoms with Gasteiger partial charge in [-0.25, -0.2) is 0 Å². The molecule has 1 aromatic carbocycles. The Hall–Kier alpha value is -0.380. The van der Waals surface area contributed by atoms with Crippen LogP contribution in [0.3, 0.4) is 0 Å². The normalized spacial score (nSPS) is 18.4. The number of nitrogens with one attached hydrogen (secondary N) is 1. The number of halogens is 1. The molecule has 1 aliphatic rings. The van der Waals surface area contributed by atoms with E-state index < -0.39 is 0 Å². The van der Waals surface area contributed by atoms with Gasteiger partial charge in [-0.3, -0.25) is 0 Å². The molecule has 0 bridgehead atoms. The maximum Gasteiger partial charge on any atom is 0.0469 e. The summed E-state index contributed by atoms with van der Waals surface area (Å²) in [6.45, 7) is 5.18. The summed E-state index contributed by atoms with van der Waals surface area (Å²) in [5, 5.41) is 3.74. The molecule has 1 N–H and O–H groups in total. The molecule has 0 spiro atoms. The van der Waals surface area contributed by atoms with E-state index in [0.29, 0.717) is 6.04 Å². The van der Waals surface area contributed by atoms with Crippen molar-refractivity contribution >= 4 is 15.9 Å². The first kappa shape index (κ1) is 15.0. The number of hydrogen-bond acceptors (Lipinski definition) is 2. The van der Waals surface area contributed by atoms with Crippen LogP contribution in [0.2, 0.25) is 0 Å². The maximum atomic E-state index is 5.49. The minimum absolute atomic E-state index is 0.582. The van der Waals surface area contributed by atoms with Crippen LogP contribution in [-0.2, 0) is 11.2 Å². The van der Waals surface area contributed by atoms with Gasteiger partial charge in [0.15, 0.2) is 0 Å². The van der Waals surface area contributed by atoms with Gasteiger partial charge in [-0.2, -0.15) is 0 Å². The molecule has 0 saturated carbocycles. The summed E-state index contributed by atoms with van der Waals surface area (Å²) in [6, 6.07) is 9.26. The molecule has 2 rings (SSSR count). The molecule has 0 amide bonds. The quantitative estimate of drug-likeness (QED) is 0.859. The van der Waals surface area contributed by atoms with Gasteiger partial charge in [0.25, 0.3) is 0 Å². The van der Waals surface area contributed by atoms with Gasteiger partial charge in [-0.15, -0.1) is 0 Å². The number of ether oxygens (including phenoxy) is 1. The molecule has 0 aliphatic carbocycles. The summed E-state index contributed by atoms with van der Waals surface area (Å²) in [7, 11) is 0. The van der Waals surface area contributed by atoms with Crippen LogP contribution in [0.15, 0.2) is 28.7 Å². The molecule has 1 heterocycles. The monoisotopic (exact) mass is 325 g/mol. The van der Waals surface area contributed by atoms with Crippen molar-refractivity contribution in [1.82, 2.24) is 5.32 Å². The van der Waals surface area contributed by atoms with Crippen molar-refractivity contribution in [3.8, 4) is 0 Å². The van der Waals surface area contributed by atoms with Crippen molar-refractivity contribution < 1.29 is 4.74 Å². The van der Waals surface area contributed by atoms with E-state index in [1.807, 2.05) is 0 Å². The Morgan fingerprint density at radius 3 is 2.84 bits per heavy atom. The lowest BCUT2D eigenvalue weighted by atomic mass is 9.87. The molecule has 1 saturated heterocycles. The molecule has 1 unspecified atom stereocenters. The van der Waals surface area contributed by atoms with Crippen molar-refractivity contribution in [1.29, 1.82) is 0 Å². The van der Waals surface area contributed by atoms with E-state index in [1.165, 1.54) is 29.3 Å². The first-order valence-corrected chi connectivity index (χ1v) is 8.14. The van der Waals surface area contributed by atoms with Gasteiger partial charge >= 0.3 is 0 Å². The fraction of sp³-hybridized carbons (Fsp3) is 0.625. The van der Waals surface area contributed by atoms with Crippen LogP contribution in [-0.4, -0.2) is 25.8 Å². The number of rotatable bonds is 6. The summed E-state index contributed by atoms with van der Waals surface area (Å²) in [5.41, 5.74) is 1.41. The molecule has 106 valence electrons. The number of hydrogen-bond donors (Lipinski definition) is 1. The molecule has 0 aromatic heterocycles. The third kappa shape index (κ3) is 4.90. The van der Waals surface area contributed by atoms with Crippen LogP contribution in [0.5, 0.6) is 0 Å². The molecule has 0 radical (unpaired) electrons. The first-order valence-electron chi connectivity index (χ1n) is 7.35. The van der Waals surface area contributed by atoms with E-state index in [0.717, 1.165) is 32.1 Å². The van der Waals surface area contributed by atoms with Crippen LogP contribution in [0.1, 0.15) is 31.7 Å². The largest absolute Gasteiger partial charge is 0.381 e. The molecule has 1 aromatic rings. The lowest BCUT2D eigenvalue weighted by Gasteiger charge is -2.31. The van der Waals surface area contributed by atoms with E-state index in [1.54, 1.807) is 0 Å². The van der Waals surface area contributed by atoms with E-state index >= 15 is 0 Å². The van der Waals surface area contributed by atoms with Gasteiger partial charge in [-0.05, 0) is 55.8 Å². The second-order valence-electron chi connectivity index (χ2n) is 5.34. The van der Waals surface area contributed by atoms with Crippen LogP contribution >= 0.6 is 15.9 Å². The van der Waals surface area contributed by atoms with Crippen molar-refractivity contribution in [3.63, 3.8) is 0 Å². The lowest BCUT2D eigenvalue weighted by molar-refractivity contribution is 0.0538. The molecule has 1 aliphatic heterocycles. The van der Waals surface area contributed by atoms with Gasteiger partial charge in [0.2, 0.25) is 0 Å². The average molecular weight is 326 g/mol. The summed E-state index contributed by atoms with van der Waals surface area (Å²) in [5.74, 6) is 0.749. The van der Waals surface area contributed by atoms with Crippen molar-refractivity contribution in [2.24, 2.45) is 5.92 Å². The smallest absolute Gasteiger partial charge is 0.0469 e. The third-order valence-corrected chi connectivity index (χ3v) is 4.33. The first-order chi connectivity index (χ1) is 9.29. The Bertz CT molecular complexity index is 377. The molecule has 19 heavy (non-hydrogen) atoms. The standard InChI is InChI=1S/C16H24BrNO/c1-2-8-18-16(14-6-9-19-10-7-14)12-13-4-3-5-15(17)11-13/h3-5,11,14,16,18H,2,6-10,12H2,1H3. The molecular weight excluding hydrogens is 302 g/mol. The zero-order valence-corrected chi connectivity index (χ0v) is 13.3. The van der Waals surface area contributed by atoms with E-state index in [2.05, 4.69) is 52.4 Å². The summed E-state index contributed by atoms with van der Waals surface area (Å²) >= 11 is 3.56. The van der Waals surface area contributed by atoms with E-state index in [-0.39, 0.29) is 0 Å². The van der Waals surface area contributed by atoms with Gasteiger partial charge in [-0.1, -0.05) is 35.0 Å². The Labute approximate surface area is 125 Å². The van der Waals surface area contributed by atoms with Gasteiger partial charge in [0, 0.05) is 23.7 Å². The maximum absolute atomic E-state index is 5.49. The summed E-state index contributed by atoms with van der Waals surface area (Å²) < 4.78 is 6.66. The van der Waals surface area contributed by atoms with Crippen LogP contribution in [0.4, 0.5) is 0 Å². The summed E-state index contributed by atoms with van der Waals surface area (Å²) in [4.78, 5) is 0. The molecule has 3 heteroatoms. The zero-order valence-electron chi connectivity index (χ0n) is 11.7. The Morgan fingerprint density at radius 2 is 2.16 bits per heavy atom.